The topological polar surface area (TPSA) is 65.8 Å². The highest BCUT2D eigenvalue weighted by Gasteiger charge is 2.39. The van der Waals surface area contributed by atoms with E-state index in [0.717, 1.165) is 6.07 Å². The van der Waals surface area contributed by atoms with Crippen molar-refractivity contribution in [1.82, 2.24) is 0 Å². The first-order valence-corrected chi connectivity index (χ1v) is 5.34. The van der Waals surface area contributed by atoms with Crippen LogP contribution in [0.1, 0.15) is 22.3 Å². The summed E-state index contributed by atoms with van der Waals surface area (Å²) in [4.78, 5) is 13.6. The third-order valence-electron chi connectivity index (χ3n) is 2.18. The van der Waals surface area contributed by atoms with Crippen LogP contribution in [0.5, 0.6) is 0 Å². The number of Topliss-reactive ketones (excluding diaryl/α,β-unsaturated/α-hetero) is 1. The monoisotopic (exact) mass is 269 g/mol. The molecule has 0 aliphatic heterocycles. The molecular weight excluding hydrogens is 259 g/mol. The van der Waals surface area contributed by atoms with Crippen molar-refractivity contribution in [3.63, 3.8) is 0 Å². The Labute approximate surface area is 107 Å². The van der Waals surface area contributed by atoms with Gasteiger partial charge in [-0.25, -0.2) is 0 Å². The van der Waals surface area contributed by atoms with Crippen LogP contribution >= 0.6 is 0 Å². The van der Waals surface area contributed by atoms with Gasteiger partial charge >= 0.3 is 6.18 Å². The molecule has 0 unspecified atom stereocenters. The average molecular weight is 269 g/mol. The Bertz CT molecular complexity index is 531. The summed E-state index contributed by atoms with van der Waals surface area (Å²) in [7, 11) is 0. The van der Waals surface area contributed by atoms with E-state index in [-0.39, 0.29) is 6.54 Å². The lowest BCUT2D eigenvalue weighted by molar-refractivity contribution is -0.0885. The molecule has 0 N–H and O–H groups in total. The second-order valence-electron chi connectivity index (χ2n) is 3.60. The molecule has 0 bridgehead atoms. The summed E-state index contributed by atoms with van der Waals surface area (Å²) >= 11 is 0. The van der Waals surface area contributed by atoms with E-state index in [1.54, 1.807) is 18.2 Å². The number of hydrogen-bond donors (Lipinski definition) is 0. The Morgan fingerprint density at radius 1 is 1.42 bits per heavy atom. The van der Waals surface area contributed by atoms with Crippen molar-refractivity contribution < 1.29 is 18.0 Å². The standard InChI is InChI=1S/C12H10F3N3O/c13-12(14,15)11(19)10-6-3-5-9(8-10)4-1-2-7-17-18-16/h1,3-6,8H,2,7H2. The van der Waals surface area contributed by atoms with Crippen LogP contribution in [0.15, 0.2) is 35.5 Å². The van der Waals surface area contributed by atoms with Gasteiger partial charge in [-0.3, -0.25) is 4.79 Å². The number of nitrogens with zero attached hydrogens (tertiary/aromatic N) is 3. The first-order chi connectivity index (χ1) is 8.95. The summed E-state index contributed by atoms with van der Waals surface area (Å²) < 4.78 is 36.7. The number of ketones is 1. The number of benzene rings is 1. The summed E-state index contributed by atoms with van der Waals surface area (Å²) in [5.74, 6) is -1.86. The highest BCUT2D eigenvalue weighted by molar-refractivity contribution is 6.00. The molecule has 0 amide bonds. The molecule has 0 aromatic heterocycles. The summed E-state index contributed by atoms with van der Waals surface area (Å²) in [6.07, 6.45) is -1.17. The minimum Gasteiger partial charge on any atom is -0.284 e. The van der Waals surface area contributed by atoms with Crippen LogP contribution in [-0.2, 0) is 0 Å². The number of halogens is 3. The summed E-state index contributed by atoms with van der Waals surface area (Å²) in [6, 6.07) is 5.25. The van der Waals surface area contributed by atoms with Gasteiger partial charge in [0.1, 0.15) is 0 Å². The minimum absolute atomic E-state index is 0.272. The van der Waals surface area contributed by atoms with Gasteiger partial charge in [0.15, 0.2) is 0 Å². The maximum absolute atomic E-state index is 12.2. The fraction of sp³-hybridized carbons (Fsp3) is 0.250. The van der Waals surface area contributed by atoms with Crippen molar-refractivity contribution in [2.45, 2.75) is 12.6 Å². The molecule has 0 aliphatic rings. The van der Waals surface area contributed by atoms with E-state index >= 15 is 0 Å². The van der Waals surface area contributed by atoms with E-state index in [9.17, 15) is 18.0 Å². The van der Waals surface area contributed by atoms with Gasteiger partial charge < -0.3 is 0 Å². The predicted octanol–water partition coefficient (Wildman–Crippen LogP) is 4.15. The lowest BCUT2D eigenvalue weighted by atomic mass is 10.1. The van der Waals surface area contributed by atoms with Crippen molar-refractivity contribution in [2.24, 2.45) is 5.11 Å². The third-order valence-corrected chi connectivity index (χ3v) is 2.18. The number of alkyl halides is 3. The lowest BCUT2D eigenvalue weighted by Crippen LogP contribution is -2.22. The van der Waals surface area contributed by atoms with Gasteiger partial charge in [-0.15, -0.1) is 0 Å². The Kier molecular flexibility index (Phi) is 5.14. The van der Waals surface area contributed by atoms with Crippen molar-refractivity contribution in [1.29, 1.82) is 0 Å². The molecule has 7 heteroatoms. The second kappa shape index (κ2) is 6.61. The average Bonchev–Trinajstić information content (AvgIpc) is 2.37. The molecule has 4 nitrogen and oxygen atoms in total. The SMILES string of the molecule is [N-]=[N+]=NCCC=Cc1cccc(C(=O)C(F)(F)F)c1. The number of carbonyl (C=O) groups excluding carboxylic acids is 1. The van der Waals surface area contributed by atoms with Crippen molar-refractivity contribution in [2.75, 3.05) is 6.54 Å². The van der Waals surface area contributed by atoms with Crippen LogP contribution in [0, 0.1) is 0 Å². The maximum Gasteiger partial charge on any atom is 0.454 e. The molecule has 0 spiro atoms. The van der Waals surface area contributed by atoms with Crippen molar-refractivity contribution in [3.8, 4) is 0 Å². The number of azide groups is 1. The van der Waals surface area contributed by atoms with Crippen LogP contribution in [0.25, 0.3) is 16.5 Å². The van der Waals surface area contributed by atoms with Gasteiger partial charge in [0.05, 0.1) is 0 Å². The fourth-order valence-electron chi connectivity index (χ4n) is 1.34. The van der Waals surface area contributed by atoms with Gasteiger partial charge in [0.25, 0.3) is 5.78 Å². The molecular formula is C12H10F3N3O. The lowest BCUT2D eigenvalue weighted by Gasteiger charge is -2.05. The van der Waals surface area contributed by atoms with E-state index in [1.165, 1.54) is 12.1 Å². The van der Waals surface area contributed by atoms with Crippen LogP contribution in [0.2, 0.25) is 0 Å². The molecule has 0 heterocycles. The van der Waals surface area contributed by atoms with Gasteiger partial charge in [-0.2, -0.15) is 13.2 Å². The van der Waals surface area contributed by atoms with E-state index in [2.05, 4.69) is 10.0 Å². The summed E-state index contributed by atoms with van der Waals surface area (Å²) in [5.41, 5.74) is 8.13. The summed E-state index contributed by atoms with van der Waals surface area (Å²) in [5, 5.41) is 3.31. The smallest absolute Gasteiger partial charge is 0.284 e. The zero-order chi connectivity index (χ0) is 14.3. The van der Waals surface area contributed by atoms with E-state index in [4.69, 9.17) is 5.53 Å². The number of carbonyl (C=O) groups is 1. The molecule has 100 valence electrons. The van der Waals surface area contributed by atoms with Crippen LogP contribution in [0.4, 0.5) is 13.2 Å². The quantitative estimate of drug-likeness (QED) is 0.260. The minimum atomic E-state index is -4.87. The normalized spacial score (nSPS) is 11.3. The highest BCUT2D eigenvalue weighted by Crippen LogP contribution is 2.22. The van der Waals surface area contributed by atoms with Crippen LogP contribution in [0.3, 0.4) is 0 Å². The number of hydrogen-bond acceptors (Lipinski definition) is 2. The Morgan fingerprint density at radius 3 is 2.79 bits per heavy atom. The molecule has 0 saturated heterocycles. The predicted molar refractivity (Wildman–Crippen MR) is 64.5 cm³/mol. The van der Waals surface area contributed by atoms with Crippen LogP contribution < -0.4 is 0 Å². The molecule has 0 aliphatic carbocycles. The molecule has 1 aromatic rings. The third kappa shape index (κ3) is 4.85. The van der Waals surface area contributed by atoms with Crippen LogP contribution in [-0.4, -0.2) is 18.5 Å². The van der Waals surface area contributed by atoms with E-state index < -0.39 is 17.5 Å². The largest absolute Gasteiger partial charge is 0.454 e. The van der Waals surface area contributed by atoms with Gasteiger partial charge in [-0.1, -0.05) is 35.5 Å². The fourth-order valence-corrected chi connectivity index (χ4v) is 1.34. The van der Waals surface area contributed by atoms with Gasteiger partial charge in [0.2, 0.25) is 0 Å². The molecule has 0 radical (unpaired) electrons. The van der Waals surface area contributed by atoms with Gasteiger partial charge in [0, 0.05) is 17.0 Å². The van der Waals surface area contributed by atoms with Gasteiger partial charge in [-0.05, 0) is 23.6 Å². The molecule has 19 heavy (non-hydrogen) atoms. The maximum atomic E-state index is 12.2. The first kappa shape index (κ1) is 14.8. The van der Waals surface area contributed by atoms with E-state index in [0.29, 0.717) is 12.0 Å². The molecule has 1 aromatic carbocycles. The zero-order valence-electron chi connectivity index (χ0n) is 9.76. The molecule has 0 fully saturated rings. The number of rotatable bonds is 5. The Morgan fingerprint density at radius 2 is 2.16 bits per heavy atom. The van der Waals surface area contributed by atoms with E-state index in [1.807, 2.05) is 0 Å². The molecule has 0 atom stereocenters. The zero-order valence-corrected chi connectivity index (χ0v) is 9.76. The Balaban J connectivity index is 2.77. The highest BCUT2D eigenvalue weighted by atomic mass is 19.4. The summed E-state index contributed by atoms with van der Waals surface area (Å²) in [6.45, 7) is 0.272. The molecule has 1 rings (SSSR count). The molecule has 0 saturated carbocycles. The Hall–Kier alpha value is -2.27. The van der Waals surface area contributed by atoms with Crippen molar-refractivity contribution in [3.05, 3.63) is 51.9 Å². The van der Waals surface area contributed by atoms with Crippen molar-refractivity contribution >= 4 is 11.9 Å². The first-order valence-electron chi connectivity index (χ1n) is 5.34. The second-order valence-corrected chi connectivity index (χ2v) is 3.60.